The van der Waals surface area contributed by atoms with E-state index in [-0.39, 0.29) is 6.04 Å². The molecule has 0 bridgehead atoms. The maximum absolute atomic E-state index is 5.90. The first-order valence-corrected chi connectivity index (χ1v) is 6.74. The van der Waals surface area contributed by atoms with E-state index in [4.69, 9.17) is 10.5 Å². The average molecular weight is 299 g/mol. The lowest BCUT2D eigenvalue weighted by atomic mass is 10.1. The predicted molar refractivity (Wildman–Crippen MR) is 74.4 cm³/mol. The minimum absolute atomic E-state index is 0.0590. The third-order valence-corrected chi connectivity index (χ3v) is 4.00. The van der Waals surface area contributed by atoms with Crippen LogP contribution < -0.4 is 10.6 Å². The molecule has 17 heavy (non-hydrogen) atoms. The fourth-order valence-corrected chi connectivity index (χ4v) is 2.96. The van der Waals surface area contributed by atoms with Gasteiger partial charge in [-0.1, -0.05) is 22.0 Å². The summed E-state index contributed by atoms with van der Waals surface area (Å²) in [6.07, 6.45) is 1.46. The third-order valence-electron chi connectivity index (χ3n) is 3.32. The van der Waals surface area contributed by atoms with Crippen LogP contribution in [0.2, 0.25) is 0 Å². The zero-order valence-electron chi connectivity index (χ0n) is 10.3. The topological polar surface area (TPSA) is 38.5 Å². The molecule has 0 aliphatic carbocycles. The van der Waals surface area contributed by atoms with Crippen LogP contribution in [-0.2, 0) is 4.74 Å². The summed E-state index contributed by atoms with van der Waals surface area (Å²) in [5, 5.41) is 0. The Hall–Kier alpha value is -0.580. The number of benzene rings is 1. The molecular weight excluding hydrogens is 280 g/mol. The van der Waals surface area contributed by atoms with Crippen molar-refractivity contribution in [3.05, 3.63) is 28.2 Å². The summed E-state index contributed by atoms with van der Waals surface area (Å²) in [6, 6.07) is 6.45. The zero-order valence-corrected chi connectivity index (χ0v) is 11.9. The van der Waals surface area contributed by atoms with Crippen molar-refractivity contribution in [3.63, 3.8) is 0 Å². The molecule has 2 atom stereocenters. The number of halogens is 1. The Morgan fingerprint density at radius 3 is 2.82 bits per heavy atom. The number of nitrogens with two attached hydrogens (primary N) is 1. The van der Waals surface area contributed by atoms with Gasteiger partial charge in [-0.2, -0.15) is 0 Å². The molecule has 1 aromatic carbocycles. The smallest absolute Gasteiger partial charge is 0.0762 e. The second-order valence-corrected chi connectivity index (χ2v) is 5.44. The quantitative estimate of drug-likeness (QED) is 0.932. The van der Waals surface area contributed by atoms with Gasteiger partial charge in [-0.15, -0.1) is 0 Å². The molecule has 0 spiro atoms. The van der Waals surface area contributed by atoms with E-state index in [1.54, 1.807) is 7.11 Å². The minimum Gasteiger partial charge on any atom is -0.380 e. The maximum Gasteiger partial charge on any atom is 0.0762 e. The summed E-state index contributed by atoms with van der Waals surface area (Å²) < 4.78 is 6.47. The van der Waals surface area contributed by atoms with Crippen molar-refractivity contribution in [2.24, 2.45) is 5.73 Å². The molecule has 3 nitrogen and oxygen atoms in total. The van der Waals surface area contributed by atoms with Gasteiger partial charge in [0.25, 0.3) is 0 Å². The number of methoxy groups -OCH3 is 1. The molecule has 1 unspecified atom stereocenters. The second kappa shape index (κ2) is 5.38. The van der Waals surface area contributed by atoms with Gasteiger partial charge in [0.15, 0.2) is 0 Å². The van der Waals surface area contributed by atoms with E-state index in [1.165, 1.54) is 5.69 Å². The summed E-state index contributed by atoms with van der Waals surface area (Å²) >= 11 is 3.59. The van der Waals surface area contributed by atoms with Crippen LogP contribution in [0.15, 0.2) is 22.7 Å². The number of anilines is 1. The van der Waals surface area contributed by atoms with Crippen LogP contribution in [0.5, 0.6) is 0 Å². The van der Waals surface area contributed by atoms with E-state index in [0.717, 1.165) is 29.5 Å². The summed E-state index contributed by atoms with van der Waals surface area (Å²) in [4.78, 5) is 2.35. The van der Waals surface area contributed by atoms with Crippen molar-refractivity contribution >= 4 is 21.6 Å². The highest BCUT2D eigenvalue weighted by Gasteiger charge is 2.22. The Morgan fingerprint density at radius 2 is 2.29 bits per heavy atom. The SMILES string of the molecule is COC1CCN(c2ccc([C@@H](C)N)c(Br)c2)C1. The fourth-order valence-electron chi connectivity index (χ4n) is 2.24. The lowest BCUT2D eigenvalue weighted by Gasteiger charge is -2.20. The molecule has 4 heteroatoms. The van der Waals surface area contributed by atoms with Gasteiger partial charge in [0.2, 0.25) is 0 Å². The average Bonchev–Trinajstić information content (AvgIpc) is 2.76. The van der Waals surface area contributed by atoms with Gasteiger partial charge in [0.1, 0.15) is 0 Å². The zero-order chi connectivity index (χ0) is 12.4. The Balaban J connectivity index is 2.15. The Bertz CT molecular complexity index is 395. The van der Waals surface area contributed by atoms with Gasteiger partial charge in [0, 0.05) is 36.4 Å². The standard InChI is InChI=1S/C13H19BrN2O/c1-9(15)12-4-3-10(7-13(12)14)16-6-5-11(8-16)17-2/h3-4,7,9,11H,5-6,8,15H2,1-2H3/t9-,11?/m1/s1. The lowest BCUT2D eigenvalue weighted by Crippen LogP contribution is -2.22. The molecule has 0 saturated carbocycles. The summed E-state index contributed by atoms with van der Waals surface area (Å²) in [5.41, 5.74) is 8.28. The van der Waals surface area contributed by atoms with Crippen molar-refractivity contribution < 1.29 is 4.74 Å². The Morgan fingerprint density at radius 1 is 1.53 bits per heavy atom. The van der Waals surface area contributed by atoms with Crippen LogP contribution in [0.3, 0.4) is 0 Å². The number of ether oxygens (including phenoxy) is 1. The fraction of sp³-hybridized carbons (Fsp3) is 0.538. The van der Waals surface area contributed by atoms with Gasteiger partial charge in [0.05, 0.1) is 6.10 Å². The summed E-state index contributed by atoms with van der Waals surface area (Å²) in [7, 11) is 1.78. The van der Waals surface area contributed by atoms with Crippen molar-refractivity contribution in [2.75, 3.05) is 25.1 Å². The molecule has 94 valence electrons. The number of hydrogen-bond donors (Lipinski definition) is 1. The van der Waals surface area contributed by atoms with Gasteiger partial charge in [-0.05, 0) is 31.0 Å². The highest BCUT2D eigenvalue weighted by molar-refractivity contribution is 9.10. The number of nitrogens with zero attached hydrogens (tertiary/aromatic N) is 1. The minimum atomic E-state index is 0.0590. The van der Waals surface area contributed by atoms with E-state index in [1.807, 2.05) is 6.92 Å². The molecule has 1 aliphatic rings. The van der Waals surface area contributed by atoms with Gasteiger partial charge >= 0.3 is 0 Å². The van der Waals surface area contributed by atoms with E-state index in [2.05, 4.69) is 39.0 Å². The van der Waals surface area contributed by atoms with E-state index in [0.29, 0.717) is 6.10 Å². The second-order valence-electron chi connectivity index (χ2n) is 4.59. The van der Waals surface area contributed by atoms with E-state index < -0.39 is 0 Å². The molecule has 0 radical (unpaired) electrons. The normalized spacial score (nSPS) is 21.9. The third kappa shape index (κ3) is 2.81. The predicted octanol–water partition coefficient (Wildman–Crippen LogP) is 2.69. The van der Waals surface area contributed by atoms with Crippen LogP contribution in [0.1, 0.15) is 24.9 Å². The highest BCUT2D eigenvalue weighted by Crippen LogP contribution is 2.29. The van der Waals surface area contributed by atoms with Crippen molar-refractivity contribution in [2.45, 2.75) is 25.5 Å². The highest BCUT2D eigenvalue weighted by atomic mass is 79.9. The van der Waals surface area contributed by atoms with Crippen molar-refractivity contribution in [1.82, 2.24) is 0 Å². The molecule has 0 amide bonds. The largest absolute Gasteiger partial charge is 0.380 e. The first kappa shape index (κ1) is 12.9. The number of rotatable bonds is 3. The van der Waals surface area contributed by atoms with Gasteiger partial charge in [-0.3, -0.25) is 0 Å². The van der Waals surface area contributed by atoms with E-state index in [9.17, 15) is 0 Å². The Kier molecular flexibility index (Phi) is 4.07. The first-order chi connectivity index (χ1) is 8.11. The van der Waals surface area contributed by atoms with Crippen LogP contribution in [0.25, 0.3) is 0 Å². The summed E-state index contributed by atoms with van der Waals surface area (Å²) in [5.74, 6) is 0. The van der Waals surface area contributed by atoms with Gasteiger partial charge < -0.3 is 15.4 Å². The molecule has 1 saturated heterocycles. The molecule has 1 aromatic rings. The molecule has 0 aromatic heterocycles. The molecule has 2 rings (SSSR count). The maximum atomic E-state index is 5.90. The van der Waals surface area contributed by atoms with Crippen molar-refractivity contribution in [3.8, 4) is 0 Å². The monoisotopic (exact) mass is 298 g/mol. The number of hydrogen-bond acceptors (Lipinski definition) is 3. The first-order valence-electron chi connectivity index (χ1n) is 5.94. The van der Waals surface area contributed by atoms with Crippen LogP contribution in [0.4, 0.5) is 5.69 Å². The molecular formula is C13H19BrN2O. The van der Waals surface area contributed by atoms with E-state index >= 15 is 0 Å². The lowest BCUT2D eigenvalue weighted by molar-refractivity contribution is 0.121. The molecule has 1 heterocycles. The Labute approximate surface area is 111 Å². The summed E-state index contributed by atoms with van der Waals surface area (Å²) in [6.45, 7) is 4.03. The van der Waals surface area contributed by atoms with Gasteiger partial charge in [-0.25, -0.2) is 0 Å². The molecule has 1 fully saturated rings. The van der Waals surface area contributed by atoms with Crippen LogP contribution in [-0.4, -0.2) is 26.3 Å². The van der Waals surface area contributed by atoms with Crippen LogP contribution >= 0.6 is 15.9 Å². The molecule has 2 N–H and O–H groups in total. The van der Waals surface area contributed by atoms with Crippen LogP contribution in [0, 0.1) is 0 Å². The molecule has 1 aliphatic heterocycles. The van der Waals surface area contributed by atoms with Crippen molar-refractivity contribution in [1.29, 1.82) is 0 Å².